The number of benzene rings is 2. The lowest BCUT2D eigenvalue weighted by Gasteiger charge is -2.12. The largest absolute Gasteiger partial charge is 0.456 e. The molecule has 2 N–H and O–H groups in total. The zero-order valence-electron chi connectivity index (χ0n) is 10.1. The van der Waals surface area contributed by atoms with Crippen LogP contribution >= 0.6 is 23.8 Å². The van der Waals surface area contributed by atoms with Crippen molar-refractivity contribution in [1.82, 2.24) is 0 Å². The first-order valence-corrected chi connectivity index (χ1v) is 6.30. The first kappa shape index (κ1) is 13.8. The summed E-state index contributed by atoms with van der Waals surface area (Å²) in [5, 5.41) is 0.610. The second-order valence-electron chi connectivity index (χ2n) is 3.99. The number of rotatable bonds is 3. The highest BCUT2D eigenvalue weighted by Gasteiger charge is 2.13. The molecule has 0 aliphatic carbocycles. The fourth-order valence-electron chi connectivity index (χ4n) is 1.67. The van der Waals surface area contributed by atoms with Crippen LogP contribution in [0.2, 0.25) is 5.02 Å². The van der Waals surface area contributed by atoms with Crippen molar-refractivity contribution in [3.05, 3.63) is 58.4 Å². The summed E-state index contributed by atoms with van der Waals surface area (Å²) < 4.78 is 19.4. The highest BCUT2D eigenvalue weighted by atomic mass is 35.5. The summed E-state index contributed by atoms with van der Waals surface area (Å²) in [5.41, 5.74) is 6.46. The maximum atomic E-state index is 13.7. The number of nitrogens with two attached hydrogens (primary N) is 1. The van der Waals surface area contributed by atoms with Gasteiger partial charge >= 0.3 is 0 Å². The van der Waals surface area contributed by atoms with Crippen LogP contribution in [0.5, 0.6) is 11.5 Å². The van der Waals surface area contributed by atoms with Crippen LogP contribution in [0.4, 0.5) is 4.39 Å². The molecule has 0 amide bonds. The highest BCUT2D eigenvalue weighted by molar-refractivity contribution is 7.80. The molecule has 0 saturated carbocycles. The number of hydrogen-bond acceptors (Lipinski definition) is 2. The zero-order valence-corrected chi connectivity index (χ0v) is 11.7. The molecular formula is C14H11ClFNOS. The molecule has 2 aromatic carbocycles. The Kier molecular flexibility index (Phi) is 4.02. The molecule has 98 valence electrons. The molecule has 0 atom stereocenters. The standard InChI is InChI=1S/C14H11ClFNOS/c1-8-7-9(15)5-6-11(8)18-12-4-2-3-10(16)13(12)14(17)19/h2-7H,1H3,(H2,17,19). The second kappa shape index (κ2) is 5.55. The SMILES string of the molecule is Cc1cc(Cl)ccc1Oc1cccc(F)c1C(N)=S. The minimum Gasteiger partial charge on any atom is -0.456 e. The molecule has 5 heteroatoms. The molecule has 0 bridgehead atoms. The lowest BCUT2D eigenvalue weighted by Crippen LogP contribution is -2.13. The molecule has 19 heavy (non-hydrogen) atoms. The monoisotopic (exact) mass is 295 g/mol. The average Bonchev–Trinajstić information content (AvgIpc) is 2.32. The normalized spacial score (nSPS) is 10.3. The quantitative estimate of drug-likeness (QED) is 0.861. The number of hydrogen-bond donors (Lipinski definition) is 1. The van der Waals surface area contributed by atoms with E-state index in [-0.39, 0.29) is 16.3 Å². The first-order valence-electron chi connectivity index (χ1n) is 5.51. The third kappa shape index (κ3) is 3.03. The van der Waals surface area contributed by atoms with Crippen LogP contribution in [-0.2, 0) is 0 Å². The van der Waals surface area contributed by atoms with Crippen molar-refractivity contribution in [3.8, 4) is 11.5 Å². The van der Waals surface area contributed by atoms with Gasteiger partial charge in [0.15, 0.2) is 0 Å². The number of ether oxygens (including phenoxy) is 1. The molecule has 0 aliphatic rings. The van der Waals surface area contributed by atoms with E-state index < -0.39 is 5.82 Å². The molecule has 2 rings (SSSR count). The van der Waals surface area contributed by atoms with E-state index in [0.29, 0.717) is 10.8 Å². The Morgan fingerprint density at radius 2 is 2.00 bits per heavy atom. The minimum absolute atomic E-state index is 0.0419. The van der Waals surface area contributed by atoms with E-state index in [9.17, 15) is 4.39 Å². The van der Waals surface area contributed by atoms with Crippen molar-refractivity contribution in [2.45, 2.75) is 6.92 Å². The summed E-state index contributed by atoms with van der Waals surface area (Å²) in [7, 11) is 0. The van der Waals surface area contributed by atoms with E-state index in [0.717, 1.165) is 5.56 Å². The van der Waals surface area contributed by atoms with E-state index in [4.69, 9.17) is 34.3 Å². The van der Waals surface area contributed by atoms with Crippen LogP contribution in [0.3, 0.4) is 0 Å². The Hall–Kier alpha value is -1.65. The van der Waals surface area contributed by atoms with Gasteiger partial charge in [-0.05, 0) is 42.8 Å². The van der Waals surface area contributed by atoms with E-state index in [1.54, 1.807) is 24.3 Å². The van der Waals surface area contributed by atoms with Crippen LogP contribution in [0.15, 0.2) is 36.4 Å². The van der Waals surface area contributed by atoms with Crippen LogP contribution in [0.1, 0.15) is 11.1 Å². The lowest BCUT2D eigenvalue weighted by molar-refractivity contribution is 0.472. The Bertz CT molecular complexity index is 645. The summed E-state index contributed by atoms with van der Waals surface area (Å²) in [4.78, 5) is -0.0419. The van der Waals surface area contributed by atoms with Crippen molar-refractivity contribution in [3.63, 3.8) is 0 Å². The molecule has 0 radical (unpaired) electrons. The van der Waals surface area contributed by atoms with Gasteiger partial charge < -0.3 is 10.5 Å². The fraction of sp³-hybridized carbons (Fsp3) is 0.0714. The Balaban J connectivity index is 2.44. The number of aryl methyl sites for hydroxylation is 1. The van der Waals surface area contributed by atoms with Gasteiger partial charge in [-0.25, -0.2) is 4.39 Å². The Morgan fingerprint density at radius 1 is 1.26 bits per heavy atom. The van der Waals surface area contributed by atoms with Crippen LogP contribution in [0.25, 0.3) is 0 Å². The molecule has 2 aromatic rings. The van der Waals surface area contributed by atoms with Gasteiger partial charge in [0.1, 0.15) is 22.3 Å². The number of halogens is 2. The third-order valence-corrected chi connectivity index (χ3v) is 3.02. The molecule has 0 aromatic heterocycles. The van der Waals surface area contributed by atoms with Crippen LogP contribution in [-0.4, -0.2) is 4.99 Å². The van der Waals surface area contributed by atoms with Gasteiger partial charge in [0.2, 0.25) is 0 Å². The molecule has 0 fully saturated rings. The molecule has 0 spiro atoms. The van der Waals surface area contributed by atoms with Crippen LogP contribution in [0, 0.1) is 12.7 Å². The summed E-state index contributed by atoms with van der Waals surface area (Å²) in [6.07, 6.45) is 0. The van der Waals surface area contributed by atoms with Crippen molar-refractivity contribution >= 4 is 28.8 Å². The van der Waals surface area contributed by atoms with Crippen molar-refractivity contribution < 1.29 is 9.13 Å². The molecular weight excluding hydrogens is 285 g/mol. The highest BCUT2D eigenvalue weighted by Crippen LogP contribution is 2.30. The molecule has 2 nitrogen and oxygen atoms in total. The van der Waals surface area contributed by atoms with Gasteiger partial charge in [-0.3, -0.25) is 0 Å². The predicted octanol–water partition coefficient (Wildman–Crippen LogP) is 4.21. The van der Waals surface area contributed by atoms with Gasteiger partial charge in [0, 0.05) is 5.02 Å². The zero-order chi connectivity index (χ0) is 14.0. The Morgan fingerprint density at radius 3 is 2.63 bits per heavy atom. The summed E-state index contributed by atoms with van der Waals surface area (Å²) >= 11 is 10.7. The van der Waals surface area contributed by atoms with Crippen LogP contribution < -0.4 is 10.5 Å². The maximum absolute atomic E-state index is 13.7. The second-order valence-corrected chi connectivity index (χ2v) is 4.87. The van der Waals surface area contributed by atoms with Crippen molar-refractivity contribution in [2.24, 2.45) is 5.73 Å². The maximum Gasteiger partial charge on any atom is 0.140 e. The molecule has 0 heterocycles. The molecule has 0 aliphatic heterocycles. The van der Waals surface area contributed by atoms with E-state index >= 15 is 0 Å². The summed E-state index contributed by atoms with van der Waals surface area (Å²) in [5.74, 6) is 0.363. The van der Waals surface area contributed by atoms with Gasteiger partial charge in [0.25, 0.3) is 0 Å². The Labute approximate surface area is 120 Å². The topological polar surface area (TPSA) is 35.2 Å². The van der Waals surface area contributed by atoms with Gasteiger partial charge in [0.05, 0.1) is 5.56 Å². The summed E-state index contributed by atoms with van der Waals surface area (Å²) in [6, 6.07) is 9.62. The minimum atomic E-state index is -0.503. The summed E-state index contributed by atoms with van der Waals surface area (Å²) in [6.45, 7) is 1.85. The smallest absolute Gasteiger partial charge is 0.140 e. The van der Waals surface area contributed by atoms with Crippen molar-refractivity contribution in [2.75, 3.05) is 0 Å². The van der Waals surface area contributed by atoms with E-state index in [1.807, 2.05) is 6.92 Å². The fourth-order valence-corrected chi connectivity index (χ4v) is 2.10. The number of thiocarbonyl (C=S) groups is 1. The van der Waals surface area contributed by atoms with E-state index in [2.05, 4.69) is 0 Å². The van der Waals surface area contributed by atoms with Gasteiger partial charge in [-0.2, -0.15) is 0 Å². The van der Waals surface area contributed by atoms with Crippen molar-refractivity contribution in [1.29, 1.82) is 0 Å². The molecule has 0 unspecified atom stereocenters. The van der Waals surface area contributed by atoms with Gasteiger partial charge in [-0.1, -0.05) is 29.9 Å². The van der Waals surface area contributed by atoms with E-state index in [1.165, 1.54) is 12.1 Å². The first-order chi connectivity index (χ1) is 8.99. The lowest BCUT2D eigenvalue weighted by atomic mass is 10.1. The third-order valence-electron chi connectivity index (χ3n) is 2.58. The molecule has 0 saturated heterocycles. The van der Waals surface area contributed by atoms with Gasteiger partial charge in [-0.15, -0.1) is 0 Å². The predicted molar refractivity (Wildman–Crippen MR) is 78.6 cm³/mol. The average molecular weight is 296 g/mol.